The van der Waals surface area contributed by atoms with Crippen LogP contribution in [0.3, 0.4) is 0 Å². The Morgan fingerprint density at radius 2 is 2.14 bits per heavy atom. The highest BCUT2D eigenvalue weighted by Gasteiger charge is 2.16. The first-order chi connectivity index (χ1) is 10.8. The molecular weight excluding hydrogens is 280 g/mol. The molecule has 0 spiro atoms. The lowest BCUT2D eigenvalue weighted by molar-refractivity contribution is -0.132. The van der Waals surface area contributed by atoms with Crippen molar-refractivity contribution in [2.24, 2.45) is 5.73 Å². The van der Waals surface area contributed by atoms with E-state index in [-0.39, 0.29) is 5.91 Å². The highest BCUT2D eigenvalue weighted by molar-refractivity contribution is 5.76. The van der Waals surface area contributed by atoms with Gasteiger partial charge in [0.25, 0.3) is 0 Å². The SMILES string of the molecule is NCc1cn2cccc(OCCC(=O)N3CCCCC3)c2n1. The second-order valence-corrected chi connectivity index (χ2v) is 5.58. The summed E-state index contributed by atoms with van der Waals surface area (Å²) >= 11 is 0. The summed E-state index contributed by atoms with van der Waals surface area (Å²) in [5, 5.41) is 0. The summed E-state index contributed by atoms with van der Waals surface area (Å²) in [5.41, 5.74) is 7.18. The van der Waals surface area contributed by atoms with Gasteiger partial charge in [-0.05, 0) is 31.4 Å². The van der Waals surface area contributed by atoms with Crippen LogP contribution < -0.4 is 10.5 Å². The highest BCUT2D eigenvalue weighted by Crippen LogP contribution is 2.19. The Morgan fingerprint density at radius 1 is 1.32 bits per heavy atom. The monoisotopic (exact) mass is 302 g/mol. The summed E-state index contributed by atoms with van der Waals surface area (Å²) in [4.78, 5) is 18.5. The number of aromatic nitrogens is 2. The van der Waals surface area contributed by atoms with Gasteiger partial charge in [-0.1, -0.05) is 0 Å². The van der Waals surface area contributed by atoms with Gasteiger partial charge in [-0.3, -0.25) is 4.79 Å². The number of fused-ring (bicyclic) bond motifs is 1. The minimum absolute atomic E-state index is 0.178. The quantitative estimate of drug-likeness (QED) is 0.910. The summed E-state index contributed by atoms with van der Waals surface area (Å²) in [6, 6.07) is 3.77. The average Bonchev–Trinajstić information content (AvgIpc) is 2.99. The Kier molecular flexibility index (Phi) is 4.58. The molecule has 3 heterocycles. The van der Waals surface area contributed by atoms with Crippen LogP contribution in [0.15, 0.2) is 24.5 Å². The molecule has 0 radical (unpaired) electrons. The lowest BCUT2D eigenvalue weighted by Gasteiger charge is -2.26. The third kappa shape index (κ3) is 3.22. The Labute approximate surface area is 129 Å². The van der Waals surface area contributed by atoms with E-state index < -0.39 is 0 Å². The van der Waals surface area contributed by atoms with Crippen molar-refractivity contribution >= 4 is 11.6 Å². The molecule has 0 bridgehead atoms. The first kappa shape index (κ1) is 14.8. The van der Waals surface area contributed by atoms with Gasteiger partial charge in [0.2, 0.25) is 5.91 Å². The number of hydrogen-bond acceptors (Lipinski definition) is 4. The standard InChI is InChI=1S/C16H22N4O2/c17-11-13-12-20-9-4-5-14(16(20)18-13)22-10-6-15(21)19-7-2-1-3-8-19/h4-5,9,12H,1-3,6-8,10-11,17H2. The van der Waals surface area contributed by atoms with Gasteiger partial charge in [0.15, 0.2) is 11.4 Å². The van der Waals surface area contributed by atoms with E-state index in [2.05, 4.69) is 4.98 Å². The van der Waals surface area contributed by atoms with E-state index in [0.717, 1.165) is 37.3 Å². The Hall–Kier alpha value is -2.08. The molecule has 0 atom stereocenters. The largest absolute Gasteiger partial charge is 0.489 e. The molecule has 0 aliphatic carbocycles. The average molecular weight is 302 g/mol. The summed E-state index contributed by atoms with van der Waals surface area (Å²) in [7, 11) is 0. The van der Waals surface area contributed by atoms with E-state index in [9.17, 15) is 4.79 Å². The molecular formula is C16H22N4O2. The number of ether oxygens (including phenoxy) is 1. The first-order valence-electron chi connectivity index (χ1n) is 7.85. The highest BCUT2D eigenvalue weighted by atomic mass is 16.5. The van der Waals surface area contributed by atoms with Gasteiger partial charge >= 0.3 is 0 Å². The number of amides is 1. The topological polar surface area (TPSA) is 72.9 Å². The molecule has 0 aromatic carbocycles. The number of carbonyl (C=O) groups is 1. The molecule has 1 saturated heterocycles. The molecule has 2 N–H and O–H groups in total. The van der Waals surface area contributed by atoms with Crippen molar-refractivity contribution in [3.8, 4) is 5.75 Å². The third-order valence-corrected chi connectivity index (χ3v) is 3.99. The maximum atomic E-state index is 12.1. The summed E-state index contributed by atoms with van der Waals surface area (Å²) in [5.74, 6) is 0.867. The smallest absolute Gasteiger partial charge is 0.225 e. The summed E-state index contributed by atoms with van der Waals surface area (Å²) < 4.78 is 7.66. The second kappa shape index (κ2) is 6.79. The maximum Gasteiger partial charge on any atom is 0.225 e. The van der Waals surface area contributed by atoms with Gasteiger partial charge in [-0.2, -0.15) is 0 Å². The zero-order valence-corrected chi connectivity index (χ0v) is 12.7. The Balaban J connectivity index is 1.59. The fourth-order valence-electron chi connectivity index (χ4n) is 2.80. The lowest BCUT2D eigenvalue weighted by Crippen LogP contribution is -2.36. The number of nitrogens with two attached hydrogens (primary N) is 1. The third-order valence-electron chi connectivity index (χ3n) is 3.99. The van der Waals surface area contributed by atoms with E-state index in [0.29, 0.717) is 25.3 Å². The minimum Gasteiger partial charge on any atom is -0.489 e. The van der Waals surface area contributed by atoms with Crippen LogP contribution >= 0.6 is 0 Å². The molecule has 22 heavy (non-hydrogen) atoms. The van der Waals surface area contributed by atoms with Crippen molar-refractivity contribution in [1.29, 1.82) is 0 Å². The molecule has 6 heteroatoms. The van der Waals surface area contributed by atoms with E-state index in [4.69, 9.17) is 10.5 Å². The Morgan fingerprint density at radius 3 is 2.91 bits per heavy atom. The number of hydrogen-bond donors (Lipinski definition) is 1. The fourth-order valence-corrected chi connectivity index (χ4v) is 2.80. The van der Waals surface area contributed by atoms with Crippen molar-refractivity contribution in [2.45, 2.75) is 32.2 Å². The number of pyridine rings is 1. The number of carbonyl (C=O) groups excluding carboxylic acids is 1. The predicted molar refractivity (Wildman–Crippen MR) is 83.6 cm³/mol. The molecule has 0 unspecified atom stereocenters. The molecule has 1 fully saturated rings. The zero-order valence-electron chi connectivity index (χ0n) is 12.7. The van der Waals surface area contributed by atoms with Crippen LogP contribution in [0.1, 0.15) is 31.4 Å². The van der Waals surface area contributed by atoms with E-state index in [1.54, 1.807) is 0 Å². The van der Waals surface area contributed by atoms with Crippen molar-refractivity contribution in [3.05, 3.63) is 30.2 Å². The first-order valence-corrected chi connectivity index (χ1v) is 7.85. The Bertz CT molecular complexity index is 647. The number of rotatable bonds is 5. The van der Waals surface area contributed by atoms with E-state index in [1.165, 1.54) is 6.42 Å². The van der Waals surface area contributed by atoms with Gasteiger partial charge in [0.1, 0.15) is 0 Å². The van der Waals surface area contributed by atoms with Crippen molar-refractivity contribution in [2.75, 3.05) is 19.7 Å². The van der Waals surface area contributed by atoms with Crippen LogP contribution in [0.5, 0.6) is 5.75 Å². The fraction of sp³-hybridized carbons (Fsp3) is 0.500. The maximum absolute atomic E-state index is 12.1. The van der Waals surface area contributed by atoms with Crippen molar-refractivity contribution in [3.63, 3.8) is 0 Å². The number of piperidine rings is 1. The van der Waals surface area contributed by atoms with Crippen LogP contribution in [0, 0.1) is 0 Å². The molecule has 2 aromatic heterocycles. The van der Waals surface area contributed by atoms with Gasteiger partial charge < -0.3 is 19.8 Å². The van der Waals surface area contributed by atoms with Gasteiger partial charge in [-0.15, -0.1) is 0 Å². The molecule has 2 aromatic rings. The van der Waals surface area contributed by atoms with Crippen LogP contribution in [-0.2, 0) is 11.3 Å². The van der Waals surface area contributed by atoms with Gasteiger partial charge in [0, 0.05) is 32.0 Å². The van der Waals surface area contributed by atoms with Crippen molar-refractivity contribution < 1.29 is 9.53 Å². The molecule has 1 aliphatic rings. The number of nitrogens with zero attached hydrogens (tertiary/aromatic N) is 3. The van der Waals surface area contributed by atoms with Crippen LogP contribution in [-0.4, -0.2) is 39.9 Å². The van der Waals surface area contributed by atoms with Crippen LogP contribution in [0.4, 0.5) is 0 Å². The zero-order chi connectivity index (χ0) is 15.4. The number of imidazole rings is 1. The van der Waals surface area contributed by atoms with Crippen LogP contribution in [0.2, 0.25) is 0 Å². The molecule has 0 saturated carbocycles. The minimum atomic E-state index is 0.178. The summed E-state index contributed by atoms with van der Waals surface area (Å²) in [6.07, 6.45) is 7.66. The molecule has 3 rings (SSSR count). The van der Waals surface area contributed by atoms with E-state index in [1.807, 2.05) is 33.8 Å². The molecule has 118 valence electrons. The van der Waals surface area contributed by atoms with Gasteiger partial charge in [0.05, 0.1) is 18.7 Å². The normalized spacial score (nSPS) is 15.2. The molecule has 1 aliphatic heterocycles. The molecule has 1 amide bonds. The molecule has 6 nitrogen and oxygen atoms in total. The van der Waals surface area contributed by atoms with Crippen LogP contribution in [0.25, 0.3) is 5.65 Å². The number of likely N-dealkylation sites (tertiary alicyclic amines) is 1. The summed E-state index contributed by atoms with van der Waals surface area (Å²) in [6.45, 7) is 2.54. The second-order valence-electron chi connectivity index (χ2n) is 5.58. The lowest BCUT2D eigenvalue weighted by atomic mass is 10.1. The predicted octanol–water partition coefficient (Wildman–Crippen LogP) is 1.57. The van der Waals surface area contributed by atoms with Gasteiger partial charge in [-0.25, -0.2) is 4.98 Å². The van der Waals surface area contributed by atoms with E-state index >= 15 is 0 Å². The van der Waals surface area contributed by atoms with Crippen molar-refractivity contribution in [1.82, 2.24) is 14.3 Å².